The van der Waals surface area contributed by atoms with Gasteiger partial charge in [-0.1, -0.05) is 170 Å². The highest BCUT2D eigenvalue weighted by Gasteiger charge is 2.16. The fourth-order valence-electron chi connectivity index (χ4n) is 6.50. The average Bonchev–Trinajstić information content (AvgIpc) is 3.35. The van der Waals surface area contributed by atoms with Gasteiger partial charge in [0.25, 0.3) is 0 Å². The Hall–Kier alpha value is -6.96. The fraction of sp³-hybridized carbons (Fsp3) is 0. The van der Waals surface area contributed by atoms with Gasteiger partial charge in [0.2, 0.25) is 0 Å². The minimum absolute atomic E-state index is 0.0154. The van der Waals surface area contributed by atoms with Gasteiger partial charge in [0.1, 0.15) is 0 Å². The summed E-state index contributed by atoms with van der Waals surface area (Å²) in [6.45, 7) is 0. The molecular formula is C52H37N. The summed E-state index contributed by atoms with van der Waals surface area (Å²) in [5.74, 6) is 0. The van der Waals surface area contributed by atoms with Gasteiger partial charge in [-0.3, -0.25) is 0 Å². The first-order chi connectivity index (χ1) is 31.7. The molecule has 0 saturated heterocycles. The third kappa shape index (κ3) is 6.65. The van der Waals surface area contributed by atoms with Gasteiger partial charge in [-0.15, -0.1) is 0 Å². The van der Waals surface area contributed by atoms with Gasteiger partial charge in [-0.05, 0) is 121 Å². The van der Waals surface area contributed by atoms with Crippen molar-refractivity contribution in [3.63, 3.8) is 0 Å². The molecule has 0 heterocycles. The van der Waals surface area contributed by atoms with Gasteiger partial charge in [-0.2, -0.15) is 0 Å². The van der Waals surface area contributed by atoms with Crippen molar-refractivity contribution in [2.75, 3.05) is 4.90 Å². The van der Waals surface area contributed by atoms with E-state index in [2.05, 4.69) is 18.2 Å². The zero-order valence-electron chi connectivity index (χ0n) is 41.3. The van der Waals surface area contributed by atoms with E-state index < -0.39 is 83.3 Å². The van der Waals surface area contributed by atoms with Crippen LogP contribution in [0.5, 0.6) is 0 Å². The summed E-state index contributed by atoms with van der Waals surface area (Å²) in [6.07, 6.45) is 0. The van der Waals surface area contributed by atoms with Crippen molar-refractivity contribution in [1.82, 2.24) is 0 Å². The first-order valence-electron chi connectivity index (χ1n) is 23.6. The molecule has 0 aliphatic rings. The predicted molar refractivity (Wildman–Crippen MR) is 226 cm³/mol. The van der Waals surface area contributed by atoms with Gasteiger partial charge in [0.15, 0.2) is 0 Å². The highest BCUT2D eigenvalue weighted by molar-refractivity contribution is 5.97. The molecule has 0 amide bonds. The zero-order valence-corrected chi connectivity index (χ0v) is 28.3. The van der Waals surface area contributed by atoms with Crippen LogP contribution in [0.4, 0.5) is 17.1 Å². The Morgan fingerprint density at radius 3 is 1.53 bits per heavy atom. The third-order valence-corrected chi connectivity index (χ3v) is 9.09. The molecule has 53 heavy (non-hydrogen) atoms. The average molecular weight is 689 g/mol. The lowest BCUT2D eigenvalue weighted by molar-refractivity contribution is 1.28. The molecule has 9 aromatic carbocycles. The first kappa shape index (κ1) is 20.8. The maximum Gasteiger partial charge on any atom is 0.0651 e. The normalized spacial score (nSPS) is 14.5. The van der Waals surface area contributed by atoms with Crippen LogP contribution in [0.15, 0.2) is 224 Å². The number of benzene rings is 9. The molecule has 0 aliphatic carbocycles. The Labute approximate surface area is 330 Å². The maximum absolute atomic E-state index is 9.81. The van der Waals surface area contributed by atoms with Crippen LogP contribution in [0.25, 0.3) is 66.4 Å². The molecule has 0 saturated carbocycles. The van der Waals surface area contributed by atoms with Gasteiger partial charge < -0.3 is 4.90 Å². The number of anilines is 3. The second kappa shape index (κ2) is 14.3. The van der Waals surface area contributed by atoms with Crippen LogP contribution >= 0.6 is 0 Å². The van der Waals surface area contributed by atoms with Gasteiger partial charge in [0, 0.05) is 17.1 Å². The Morgan fingerprint density at radius 2 is 0.868 bits per heavy atom. The molecular weight excluding hydrogens is 639 g/mol. The molecule has 0 spiro atoms. The summed E-state index contributed by atoms with van der Waals surface area (Å²) >= 11 is 0. The molecule has 0 N–H and O–H groups in total. The third-order valence-electron chi connectivity index (χ3n) is 9.09. The summed E-state index contributed by atoms with van der Waals surface area (Å²) in [5.41, 5.74) is 4.47. The molecule has 0 aliphatic heterocycles. The lowest BCUT2D eigenvalue weighted by Crippen LogP contribution is -2.10. The summed E-state index contributed by atoms with van der Waals surface area (Å²) in [6, 6.07) is 37.6. The van der Waals surface area contributed by atoms with Crippen molar-refractivity contribution in [1.29, 1.82) is 0 Å². The van der Waals surface area contributed by atoms with E-state index in [-0.39, 0.29) is 29.0 Å². The van der Waals surface area contributed by atoms with E-state index in [0.29, 0.717) is 10.9 Å². The van der Waals surface area contributed by atoms with Crippen molar-refractivity contribution < 1.29 is 17.8 Å². The summed E-state index contributed by atoms with van der Waals surface area (Å²) in [4.78, 5) is 1.23. The summed E-state index contributed by atoms with van der Waals surface area (Å²) in [5, 5.41) is 1.49. The Morgan fingerprint density at radius 1 is 0.321 bits per heavy atom. The number of hydrogen-bond acceptors (Lipinski definition) is 1. The molecule has 0 atom stereocenters. The van der Waals surface area contributed by atoms with Crippen LogP contribution in [-0.4, -0.2) is 0 Å². The monoisotopic (exact) mass is 688 g/mol. The van der Waals surface area contributed by atoms with E-state index in [1.807, 2.05) is 91.0 Å². The lowest BCUT2D eigenvalue weighted by atomic mass is 9.93. The van der Waals surface area contributed by atoms with E-state index in [9.17, 15) is 8.22 Å². The summed E-state index contributed by atoms with van der Waals surface area (Å²) < 4.78 is 117. The molecule has 1 heteroatoms. The second-order valence-electron chi connectivity index (χ2n) is 12.4. The Bertz CT molecular complexity index is 3270. The van der Waals surface area contributed by atoms with E-state index in [0.717, 1.165) is 38.8 Å². The Balaban J connectivity index is 1.31. The van der Waals surface area contributed by atoms with Gasteiger partial charge in [0.05, 0.1) is 17.8 Å². The van der Waals surface area contributed by atoms with Gasteiger partial charge in [-0.25, -0.2) is 0 Å². The van der Waals surface area contributed by atoms with Crippen molar-refractivity contribution in [2.45, 2.75) is 0 Å². The molecule has 9 aromatic rings. The van der Waals surface area contributed by atoms with Crippen LogP contribution in [0.1, 0.15) is 17.8 Å². The second-order valence-corrected chi connectivity index (χ2v) is 12.4. The standard InChI is InChI=1S/C52H37N/c1-4-14-38(15-5-1)41-26-30-48(31-27-41)53(50-23-12-22-44(37-50)52-25-13-21-43-20-10-11-24-51(43)52)49-32-28-42(29-33-49)47-35-45(39-16-6-2-7-17-39)34-46(36-47)40-18-8-3-9-19-40/h1-37H/i1D,4D,5D,12D,14D,15D,22D,23D,26D,27D,30D,31D,37D. The van der Waals surface area contributed by atoms with E-state index in [1.54, 1.807) is 36.4 Å². The smallest absolute Gasteiger partial charge is 0.0651 e. The number of fused-ring (bicyclic) bond motifs is 1. The molecule has 0 fully saturated rings. The summed E-state index contributed by atoms with van der Waals surface area (Å²) in [7, 11) is 0. The molecule has 1 nitrogen and oxygen atoms in total. The number of rotatable bonds is 8. The minimum atomic E-state index is -0.729. The minimum Gasteiger partial charge on any atom is -0.310 e. The van der Waals surface area contributed by atoms with E-state index in [4.69, 9.17) is 9.60 Å². The first-order valence-corrected chi connectivity index (χ1v) is 17.1. The van der Waals surface area contributed by atoms with Crippen LogP contribution in [0.2, 0.25) is 0 Å². The highest BCUT2D eigenvalue weighted by atomic mass is 15.1. The van der Waals surface area contributed by atoms with Crippen LogP contribution in [0.3, 0.4) is 0 Å². The molecule has 0 radical (unpaired) electrons. The zero-order chi connectivity index (χ0) is 46.7. The van der Waals surface area contributed by atoms with Crippen molar-refractivity contribution in [3.05, 3.63) is 224 Å². The van der Waals surface area contributed by atoms with Crippen LogP contribution in [0, 0.1) is 0 Å². The maximum atomic E-state index is 9.81. The topological polar surface area (TPSA) is 3.24 Å². The molecule has 9 rings (SSSR count). The van der Waals surface area contributed by atoms with E-state index in [1.165, 1.54) is 4.90 Å². The lowest BCUT2D eigenvalue weighted by Gasteiger charge is -2.26. The molecule has 0 aromatic heterocycles. The highest BCUT2D eigenvalue weighted by Crippen LogP contribution is 2.40. The molecule has 0 unspecified atom stereocenters. The number of hydrogen-bond donors (Lipinski definition) is 0. The van der Waals surface area contributed by atoms with E-state index >= 15 is 0 Å². The Kier molecular flexibility index (Phi) is 5.62. The van der Waals surface area contributed by atoms with Crippen molar-refractivity contribution in [2.24, 2.45) is 0 Å². The largest absolute Gasteiger partial charge is 0.310 e. The van der Waals surface area contributed by atoms with Crippen molar-refractivity contribution >= 4 is 27.8 Å². The van der Waals surface area contributed by atoms with Crippen LogP contribution in [-0.2, 0) is 0 Å². The van der Waals surface area contributed by atoms with Crippen molar-refractivity contribution in [3.8, 4) is 55.6 Å². The fourth-order valence-corrected chi connectivity index (χ4v) is 6.50. The van der Waals surface area contributed by atoms with Gasteiger partial charge >= 0.3 is 0 Å². The molecule has 250 valence electrons. The van der Waals surface area contributed by atoms with Crippen LogP contribution < -0.4 is 4.90 Å². The predicted octanol–water partition coefficient (Wildman–Crippen LogP) is 14.6. The number of nitrogens with zero attached hydrogens (tertiary/aromatic N) is 1. The molecule has 0 bridgehead atoms. The quantitative estimate of drug-likeness (QED) is 0.154. The SMILES string of the molecule is [2H]c1c([2H])c([2H])c(-c2c([2H])c([2H])c(N(c3ccc(-c4cc(-c5ccccc5)cc(-c5ccccc5)c4)cc3)c3c([2H])c([2H])c([2H])c(-c4cccc5ccccc45)c3[2H])c([2H])c2[2H])c([2H])c1[2H].